The predicted molar refractivity (Wildman–Crippen MR) is 113 cm³/mol. The van der Waals surface area contributed by atoms with E-state index in [-0.39, 0.29) is 21.4 Å². The van der Waals surface area contributed by atoms with Crippen molar-refractivity contribution >= 4 is 37.6 Å². The summed E-state index contributed by atoms with van der Waals surface area (Å²) in [5.74, 6) is 0. The Morgan fingerprint density at radius 1 is 0.923 bits per heavy atom. The van der Waals surface area contributed by atoms with Gasteiger partial charge in [0.15, 0.2) is 0 Å². The van der Waals surface area contributed by atoms with Crippen LogP contribution in [0.25, 0.3) is 0 Å². The third-order valence-corrected chi connectivity index (χ3v) is 6.81. The van der Waals surface area contributed by atoms with Crippen LogP contribution in [0.1, 0.15) is 32.2 Å². The van der Waals surface area contributed by atoms with Crippen molar-refractivity contribution in [3.8, 4) is 0 Å². The minimum absolute atomic E-state index is 0.0845. The summed E-state index contributed by atoms with van der Waals surface area (Å²) in [4.78, 5) is 0. The molecule has 0 atom stereocenters. The molecule has 26 heavy (non-hydrogen) atoms. The summed E-state index contributed by atoms with van der Waals surface area (Å²) in [6.45, 7) is 6.60. The van der Waals surface area contributed by atoms with E-state index in [9.17, 15) is 0 Å². The fourth-order valence-corrected chi connectivity index (χ4v) is 5.17. The second-order valence-corrected chi connectivity index (χ2v) is 11.8. The van der Waals surface area contributed by atoms with E-state index in [4.69, 9.17) is 19.1 Å². The number of halogens is 2. The van der Waals surface area contributed by atoms with E-state index in [1.54, 1.807) is 0 Å². The fraction of sp³-hybridized carbons (Fsp3) is 0.250. The summed E-state index contributed by atoms with van der Waals surface area (Å²) < 4.78 is 0. The van der Waals surface area contributed by atoms with Gasteiger partial charge in [0.25, 0.3) is 0 Å². The zero-order valence-electron chi connectivity index (χ0n) is 15.1. The molecular formula is C20H24Cl2N2PPd+. The van der Waals surface area contributed by atoms with Crippen LogP contribution in [0.4, 0.5) is 0 Å². The second-order valence-electron chi connectivity index (χ2n) is 6.96. The van der Waals surface area contributed by atoms with Gasteiger partial charge in [-0.1, -0.05) is 57.2 Å². The number of H-pyrrole nitrogens is 1. The van der Waals surface area contributed by atoms with Crippen molar-refractivity contribution in [3.05, 3.63) is 78.1 Å². The Kier molecular flexibility index (Phi) is 8.82. The maximum absolute atomic E-state index is 4.81. The Morgan fingerprint density at radius 2 is 1.38 bits per heavy atom. The summed E-state index contributed by atoms with van der Waals surface area (Å²) in [6, 6.07) is 24.0. The molecule has 0 radical (unpaired) electrons. The van der Waals surface area contributed by atoms with Gasteiger partial charge < -0.3 is 0 Å². The summed E-state index contributed by atoms with van der Waals surface area (Å²) in [5, 5.41) is 10.7. The molecule has 3 aromatic rings. The number of rotatable bonds is 4. The topological polar surface area (TPSA) is 28.7 Å². The van der Waals surface area contributed by atoms with Crippen molar-refractivity contribution in [1.29, 1.82) is 0 Å². The van der Waals surface area contributed by atoms with Crippen LogP contribution < -0.4 is 10.6 Å². The summed E-state index contributed by atoms with van der Waals surface area (Å²) in [6.07, 6.45) is 1.03. The molecule has 3 rings (SSSR count). The number of benzene rings is 2. The van der Waals surface area contributed by atoms with Gasteiger partial charge in [-0.3, -0.25) is 5.10 Å². The molecule has 0 spiro atoms. The van der Waals surface area contributed by atoms with Gasteiger partial charge in [0.05, 0.1) is 29.9 Å². The molecule has 0 unspecified atom stereocenters. The number of nitrogens with zero attached hydrogens (tertiary/aromatic N) is 1. The molecular weight excluding hydrogens is 477 g/mol. The SMILES string of the molecule is CC(C)(C)c1cc(C[PH+](c2ccccc2)c2ccccc2)[nH]n1.[Cl][Pd][Cl]. The van der Waals surface area contributed by atoms with Crippen molar-refractivity contribution in [2.24, 2.45) is 0 Å². The van der Waals surface area contributed by atoms with Crippen LogP contribution in [0.2, 0.25) is 0 Å². The van der Waals surface area contributed by atoms with E-state index in [0.29, 0.717) is 0 Å². The van der Waals surface area contributed by atoms with Gasteiger partial charge in [-0.25, -0.2) is 0 Å². The van der Waals surface area contributed by atoms with E-state index in [1.807, 2.05) is 0 Å². The normalized spacial score (nSPS) is 11.3. The average molecular weight is 501 g/mol. The summed E-state index contributed by atoms with van der Waals surface area (Å²) >= 11 is -0.106. The molecule has 0 saturated carbocycles. The zero-order chi connectivity index (χ0) is 19.0. The van der Waals surface area contributed by atoms with Gasteiger partial charge >= 0.3 is 35.0 Å². The molecule has 0 bridgehead atoms. The molecule has 1 aromatic heterocycles. The molecule has 0 fully saturated rings. The predicted octanol–water partition coefficient (Wildman–Crippen LogP) is 5.45. The Bertz CT molecular complexity index is 734. The molecule has 1 N–H and O–H groups in total. The Labute approximate surface area is 173 Å². The van der Waals surface area contributed by atoms with E-state index < -0.39 is 7.92 Å². The van der Waals surface area contributed by atoms with Crippen molar-refractivity contribution in [2.45, 2.75) is 32.3 Å². The van der Waals surface area contributed by atoms with Crippen LogP contribution in [0.5, 0.6) is 0 Å². The molecule has 1 heterocycles. The monoisotopic (exact) mass is 499 g/mol. The van der Waals surface area contributed by atoms with Crippen molar-refractivity contribution in [1.82, 2.24) is 10.2 Å². The van der Waals surface area contributed by atoms with Crippen LogP contribution in [-0.2, 0) is 27.5 Å². The van der Waals surface area contributed by atoms with E-state index in [1.165, 1.54) is 16.3 Å². The first kappa shape index (κ1) is 21.6. The average Bonchev–Trinajstić information content (AvgIpc) is 3.11. The van der Waals surface area contributed by atoms with Crippen LogP contribution in [0, 0.1) is 0 Å². The minimum atomic E-state index is -0.855. The molecule has 0 aliphatic heterocycles. The van der Waals surface area contributed by atoms with Gasteiger partial charge in [0.2, 0.25) is 0 Å². The standard InChI is InChI=1S/C20H23N2P.2ClH.Pd/c1-20(2,3)19-14-16(21-22-19)15-23(17-10-6-4-7-11-17)18-12-8-5-9-13-18;;;/h4-14H,15H2,1-3H3,(H,21,22);2*1H;/q;;;+2/p-1. The molecule has 0 aliphatic carbocycles. The number of nitrogens with one attached hydrogen (secondary N) is 1. The maximum atomic E-state index is 4.81. The quantitative estimate of drug-likeness (QED) is 0.375. The number of aromatic nitrogens is 2. The molecule has 6 heteroatoms. The van der Waals surface area contributed by atoms with Crippen molar-refractivity contribution < 1.29 is 15.9 Å². The van der Waals surface area contributed by atoms with Crippen LogP contribution in [0.15, 0.2) is 66.7 Å². The molecule has 0 amide bonds. The first-order valence-electron chi connectivity index (χ1n) is 8.29. The van der Waals surface area contributed by atoms with Crippen molar-refractivity contribution in [2.75, 3.05) is 0 Å². The summed E-state index contributed by atoms with van der Waals surface area (Å²) in [7, 11) is 8.77. The van der Waals surface area contributed by atoms with Crippen LogP contribution >= 0.6 is 27.0 Å². The van der Waals surface area contributed by atoms with Gasteiger partial charge in [0, 0.05) is 5.41 Å². The molecule has 142 valence electrons. The van der Waals surface area contributed by atoms with E-state index in [2.05, 4.69) is 97.7 Å². The van der Waals surface area contributed by atoms with Crippen molar-refractivity contribution in [3.63, 3.8) is 0 Å². The van der Waals surface area contributed by atoms with Crippen LogP contribution in [0.3, 0.4) is 0 Å². The molecule has 2 aromatic carbocycles. The van der Waals surface area contributed by atoms with Gasteiger partial charge in [-0.05, 0) is 30.3 Å². The third-order valence-electron chi connectivity index (χ3n) is 4.01. The Balaban J connectivity index is 0.000000758. The van der Waals surface area contributed by atoms with Gasteiger partial charge in [-0.15, -0.1) is 0 Å². The molecule has 0 aliphatic rings. The first-order valence-corrected chi connectivity index (χ1v) is 14.0. The number of hydrogen-bond acceptors (Lipinski definition) is 1. The van der Waals surface area contributed by atoms with Gasteiger partial charge in [-0.2, -0.15) is 5.10 Å². The summed E-state index contributed by atoms with van der Waals surface area (Å²) in [5.41, 5.74) is 2.45. The van der Waals surface area contributed by atoms with Crippen LogP contribution in [-0.4, -0.2) is 10.2 Å². The number of hydrogen-bond donors (Lipinski definition) is 1. The van der Waals surface area contributed by atoms with E-state index >= 15 is 0 Å². The first-order chi connectivity index (χ1) is 12.5. The molecule has 0 saturated heterocycles. The van der Waals surface area contributed by atoms with E-state index in [0.717, 1.165) is 11.9 Å². The molecule has 2 nitrogen and oxygen atoms in total. The Morgan fingerprint density at radius 3 is 1.77 bits per heavy atom. The Hall–Kier alpha value is -0.678. The number of aromatic amines is 1. The third kappa shape index (κ3) is 6.49. The van der Waals surface area contributed by atoms with Gasteiger partial charge in [0.1, 0.15) is 6.16 Å². The zero-order valence-corrected chi connectivity index (χ0v) is 19.1. The second kappa shape index (κ2) is 10.6. The fourth-order valence-electron chi connectivity index (χ4n) is 2.68.